The van der Waals surface area contributed by atoms with Crippen LogP contribution < -0.4 is 0 Å². The first kappa shape index (κ1) is 16.5. The minimum absolute atomic E-state index is 0.536. The Morgan fingerprint density at radius 3 is 2.64 bits per heavy atom. The van der Waals surface area contributed by atoms with Crippen LogP contribution in [-0.2, 0) is 0 Å². The molecular formula is C17H21N3OS. The van der Waals surface area contributed by atoms with Crippen LogP contribution in [0.4, 0.5) is 0 Å². The predicted molar refractivity (Wildman–Crippen MR) is 90.7 cm³/mol. The van der Waals surface area contributed by atoms with Gasteiger partial charge in [0.2, 0.25) is 5.89 Å². The molecule has 0 aliphatic rings. The van der Waals surface area contributed by atoms with Gasteiger partial charge < -0.3 is 4.42 Å². The van der Waals surface area contributed by atoms with Crippen molar-refractivity contribution >= 4 is 11.8 Å². The monoisotopic (exact) mass is 315 g/mol. The summed E-state index contributed by atoms with van der Waals surface area (Å²) in [6, 6.07) is 3.71. The van der Waals surface area contributed by atoms with Crippen molar-refractivity contribution in [3.8, 4) is 11.5 Å². The highest BCUT2D eigenvalue weighted by Crippen LogP contribution is 2.23. The second kappa shape index (κ2) is 8.54. The maximum absolute atomic E-state index is 5.64. The van der Waals surface area contributed by atoms with Crippen LogP contribution in [0.1, 0.15) is 33.6 Å². The third-order valence-corrected chi connectivity index (χ3v) is 3.81. The second-order valence-electron chi connectivity index (χ2n) is 5.29. The number of allylic oxidation sites excluding steroid dienone is 3. The highest BCUT2D eigenvalue weighted by atomic mass is 32.2. The van der Waals surface area contributed by atoms with Crippen molar-refractivity contribution in [1.82, 2.24) is 15.2 Å². The Labute approximate surface area is 135 Å². The molecule has 0 atom stereocenters. The van der Waals surface area contributed by atoms with Gasteiger partial charge in [-0.05, 0) is 45.7 Å². The van der Waals surface area contributed by atoms with Crippen molar-refractivity contribution in [3.63, 3.8) is 0 Å². The molecule has 0 bridgehead atoms. The number of pyridine rings is 1. The van der Waals surface area contributed by atoms with Gasteiger partial charge in [-0.15, -0.1) is 10.2 Å². The molecule has 0 radical (unpaired) electrons. The van der Waals surface area contributed by atoms with E-state index in [4.69, 9.17) is 4.42 Å². The van der Waals surface area contributed by atoms with Crippen LogP contribution in [0.2, 0.25) is 0 Å². The van der Waals surface area contributed by atoms with Gasteiger partial charge in [-0.3, -0.25) is 4.98 Å². The molecule has 0 saturated carbocycles. The summed E-state index contributed by atoms with van der Waals surface area (Å²) < 4.78 is 5.64. The van der Waals surface area contributed by atoms with E-state index in [1.165, 1.54) is 11.1 Å². The topological polar surface area (TPSA) is 51.8 Å². The van der Waals surface area contributed by atoms with Crippen molar-refractivity contribution in [2.24, 2.45) is 0 Å². The van der Waals surface area contributed by atoms with E-state index >= 15 is 0 Å². The van der Waals surface area contributed by atoms with Crippen molar-refractivity contribution in [2.75, 3.05) is 5.75 Å². The Morgan fingerprint density at radius 1 is 1.14 bits per heavy atom. The van der Waals surface area contributed by atoms with Gasteiger partial charge in [0.1, 0.15) is 0 Å². The first-order chi connectivity index (χ1) is 10.6. The highest BCUT2D eigenvalue weighted by Gasteiger charge is 2.07. The summed E-state index contributed by atoms with van der Waals surface area (Å²) in [5.74, 6) is 1.38. The first-order valence-electron chi connectivity index (χ1n) is 7.31. The fraction of sp³-hybridized carbons (Fsp3) is 0.353. The van der Waals surface area contributed by atoms with Gasteiger partial charge in [-0.1, -0.05) is 35.1 Å². The lowest BCUT2D eigenvalue weighted by molar-refractivity contribution is 0.466. The Morgan fingerprint density at radius 2 is 1.91 bits per heavy atom. The summed E-state index contributed by atoms with van der Waals surface area (Å²) in [7, 11) is 0. The Hall–Kier alpha value is -1.88. The van der Waals surface area contributed by atoms with E-state index in [9.17, 15) is 0 Å². The molecule has 0 aliphatic carbocycles. The average Bonchev–Trinajstić information content (AvgIpc) is 2.97. The predicted octanol–water partition coefficient (Wildman–Crippen LogP) is 4.92. The molecule has 0 spiro atoms. The maximum Gasteiger partial charge on any atom is 0.277 e. The molecule has 0 saturated heterocycles. The van der Waals surface area contributed by atoms with Gasteiger partial charge >= 0.3 is 0 Å². The Kier molecular flexibility index (Phi) is 6.40. The standard InChI is InChI=1S/C17H21N3OS/c1-13(2)5-4-6-14(3)9-12-22-17-20-19-16(21-17)15-7-10-18-11-8-15/h5,7-11H,4,6,12H2,1-3H3. The van der Waals surface area contributed by atoms with Crippen molar-refractivity contribution in [2.45, 2.75) is 38.8 Å². The lowest BCUT2D eigenvalue weighted by atomic mass is 10.1. The summed E-state index contributed by atoms with van der Waals surface area (Å²) in [5, 5.41) is 8.72. The SMILES string of the molecule is CC(C)=CCCC(C)=CCSc1nnc(-c2ccncc2)o1. The quantitative estimate of drug-likeness (QED) is 0.536. The van der Waals surface area contributed by atoms with E-state index in [1.807, 2.05) is 12.1 Å². The largest absolute Gasteiger partial charge is 0.411 e. The van der Waals surface area contributed by atoms with Crippen molar-refractivity contribution in [1.29, 1.82) is 0 Å². The van der Waals surface area contributed by atoms with Gasteiger partial charge in [0, 0.05) is 23.7 Å². The molecule has 4 nitrogen and oxygen atoms in total. The van der Waals surface area contributed by atoms with Gasteiger partial charge in [0.15, 0.2) is 0 Å². The molecule has 0 aromatic carbocycles. The van der Waals surface area contributed by atoms with Gasteiger partial charge in [-0.25, -0.2) is 0 Å². The molecule has 2 aromatic heterocycles. The van der Waals surface area contributed by atoms with E-state index in [-0.39, 0.29) is 0 Å². The third-order valence-electron chi connectivity index (χ3n) is 3.06. The summed E-state index contributed by atoms with van der Waals surface area (Å²) in [6.45, 7) is 6.42. The van der Waals surface area contributed by atoms with Crippen LogP contribution in [0.3, 0.4) is 0 Å². The van der Waals surface area contributed by atoms with E-state index in [2.05, 4.69) is 48.1 Å². The van der Waals surface area contributed by atoms with Gasteiger partial charge in [-0.2, -0.15) is 0 Å². The zero-order valence-corrected chi connectivity index (χ0v) is 14.1. The van der Waals surface area contributed by atoms with E-state index in [1.54, 1.807) is 24.2 Å². The van der Waals surface area contributed by atoms with Crippen LogP contribution >= 0.6 is 11.8 Å². The summed E-state index contributed by atoms with van der Waals surface area (Å²) in [4.78, 5) is 3.98. The molecule has 0 aliphatic heterocycles. The maximum atomic E-state index is 5.64. The molecule has 0 fully saturated rings. The molecule has 116 valence electrons. The number of rotatable bonds is 7. The molecular weight excluding hydrogens is 294 g/mol. The van der Waals surface area contributed by atoms with E-state index in [0.717, 1.165) is 24.2 Å². The zero-order valence-electron chi connectivity index (χ0n) is 13.2. The third kappa shape index (κ3) is 5.48. The number of thioether (sulfide) groups is 1. The fourth-order valence-electron chi connectivity index (χ4n) is 1.83. The minimum atomic E-state index is 0.536. The van der Waals surface area contributed by atoms with Crippen LogP contribution in [0, 0.1) is 0 Å². The second-order valence-corrected chi connectivity index (χ2v) is 6.26. The number of nitrogens with zero attached hydrogens (tertiary/aromatic N) is 3. The molecule has 22 heavy (non-hydrogen) atoms. The smallest absolute Gasteiger partial charge is 0.277 e. The van der Waals surface area contributed by atoms with Crippen LogP contribution in [0.15, 0.2) is 57.5 Å². The molecule has 2 rings (SSSR count). The van der Waals surface area contributed by atoms with Gasteiger partial charge in [0.05, 0.1) is 0 Å². The molecule has 0 N–H and O–H groups in total. The minimum Gasteiger partial charge on any atom is -0.411 e. The molecule has 2 heterocycles. The van der Waals surface area contributed by atoms with Crippen LogP contribution in [0.5, 0.6) is 0 Å². The molecule has 0 amide bonds. The van der Waals surface area contributed by atoms with Crippen molar-refractivity contribution < 1.29 is 4.42 Å². The summed E-state index contributed by atoms with van der Waals surface area (Å²) >= 11 is 1.56. The van der Waals surface area contributed by atoms with Crippen molar-refractivity contribution in [3.05, 3.63) is 47.8 Å². The highest BCUT2D eigenvalue weighted by molar-refractivity contribution is 7.99. The summed E-state index contributed by atoms with van der Waals surface area (Å²) in [5.41, 5.74) is 3.65. The average molecular weight is 315 g/mol. The van der Waals surface area contributed by atoms with E-state index < -0.39 is 0 Å². The zero-order chi connectivity index (χ0) is 15.8. The fourth-order valence-corrected chi connectivity index (χ4v) is 2.57. The lowest BCUT2D eigenvalue weighted by Gasteiger charge is -1.98. The molecule has 0 unspecified atom stereocenters. The van der Waals surface area contributed by atoms with Crippen LogP contribution in [0.25, 0.3) is 11.5 Å². The van der Waals surface area contributed by atoms with E-state index in [0.29, 0.717) is 11.1 Å². The lowest BCUT2D eigenvalue weighted by Crippen LogP contribution is -1.80. The number of hydrogen-bond donors (Lipinski definition) is 0. The Balaban J connectivity index is 1.82. The molecule has 2 aromatic rings. The van der Waals surface area contributed by atoms with Gasteiger partial charge in [0.25, 0.3) is 5.22 Å². The normalized spacial score (nSPS) is 11.5. The number of hydrogen-bond acceptors (Lipinski definition) is 5. The molecule has 5 heteroatoms. The van der Waals surface area contributed by atoms with Crippen LogP contribution in [-0.4, -0.2) is 20.9 Å². The number of aromatic nitrogens is 3. The first-order valence-corrected chi connectivity index (χ1v) is 8.29. The summed E-state index contributed by atoms with van der Waals surface area (Å²) in [6.07, 6.45) is 10.1. The Bertz CT molecular complexity index is 643.